The fourth-order valence-electron chi connectivity index (χ4n) is 2.35. The second-order valence-electron chi connectivity index (χ2n) is 5.43. The summed E-state index contributed by atoms with van der Waals surface area (Å²) in [6.45, 7) is 1.46. The minimum atomic E-state index is -4.70. The first-order valence-electron chi connectivity index (χ1n) is 6.91. The molecule has 0 aliphatic rings. The molecule has 1 atom stereocenters. The van der Waals surface area contributed by atoms with Gasteiger partial charge in [0.2, 0.25) is 0 Å². The number of aromatic hydroxyl groups is 2. The first-order valence-corrected chi connectivity index (χ1v) is 8.53. The molecule has 9 heteroatoms. The van der Waals surface area contributed by atoms with E-state index < -0.39 is 19.5 Å². The van der Waals surface area contributed by atoms with Gasteiger partial charge in [-0.3, -0.25) is 5.09 Å². The highest BCUT2D eigenvalue weighted by molar-refractivity contribution is 7.53. The summed E-state index contributed by atoms with van der Waals surface area (Å²) in [5.41, 5.74) is -0.176. The summed E-state index contributed by atoms with van der Waals surface area (Å²) >= 11 is 0. The van der Waals surface area contributed by atoms with Crippen LogP contribution in [-0.2, 0) is 10.4 Å². The molecule has 1 unspecified atom stereocenters. The number of hydrogen-bond donors (Lipinski definition) is 7. The van der Waals surface area contributed by atoms with Crippen LogP contribution < -0.4 is 5.09 Å². The first-order chi connectivity index (χ1) is 11.0. The third-order valence-corrected chi connectivity index (χ3v) is 4.17. The zero-order valence-electron chi connectivity index (χ0n) is 12.7. The van der Waals surface area contributed by atoms with Crippen molar-refractivity contribution in [3.63, 3.8) is 0 Å². The number of aliphatic hydroxyl groups is 2. The summed E-state index contributed by atoms with van der Waals surface area (Å²) < 4.78 is 11.2. The fraction of sp³-hybridized carbons (Fsp3) is 0.200. The number of phenols is 2. The van der Waals surface area contributed by atoms with E-state index in [0.29, 0.717) is 5.56 Å². The van der Waals surface area contributed by atoms with Gasteiger partial charge in [0.15, 0.2) is 5.79 Å². The Bertz CT molecular complexity index is 787. The van der Waals surface area contributed by atoms with Gasteiger partial charge in [-0.05, 0) is 35.9 Å². The van der Waals surface area contributed by atoms with E-state index >= 15 is 0 Å². The topological polar surface area (TPSA) is 150 Å². The van der Waals surface area contributed by atoms with Crippen LogP contribution in [0.2, 0.25) is 0 Å². The third kappa shape index (κ3) is 4.05. The fourth-order valence-corrected chi connectivity index (χ4v) is 2.86. The molecule has 0 saturated carbocycles. The van der Waals surface area contributed by atoms with Gasteiger partial charge in [-0.1, -0.05) is 19.1 Å². The SMILES string of the molecule is CC(c1cccc(O)c1)C(O)(O)c1cc(O)ccc1NP(=O)(O)O. The van der Waals surface area contributed by atoms with Gasteiger partial charge in [0, 0.05) is 11.5 Å². The van der Waals surface area contributed by atoms with Gasteiger partial charge in [-0.15, -0.1) is 0 Å². The predicted molar refractivity (Wildman–Crippen MR) is 86.4 cm³/mol. The van der Waals surface area contributed by atoms with Crippen molar-refractivity contribution in [2.75, 3.05) is 5.09 Å². The maximum atomic E-state index is 11.2. The monoisotopic (exact) mass is 355 g/mol. The minimum Gasteiger partial charge on any atom is -0.508 e. The number of nitrogens with one attached hydrogen (secondary N) is 1. The molecule has 2 aromatic carbocycles. The van der Waals surface area contributed by atoms with Crippen LogP contribution in [0.3, 0.4) is 0 Å². The van der Waals surface area contributed by atoms with Crippen molar-refractivity contribution in [2.45, 2.75) is 18.6 Å². The quantitative estimate of drug-likeness (QED) is 0.242. The molecule has 2 aromatic rings. The second-order valence-corrected chi connectivity index (χ2v) is 6.74. The maximum Gasteiger partial charge on any atom is 0.427 e. The van der Waals surface area contributed by atoms with E-state index in [1.54, 1.807) is 6.07 Å². The number of anilines is 1. The molecule has 0 spiro atoms. The van der Waals surface area contributed by atoms with Crippen LogP contribution in [0, 0.1) is 0 Å². The van der Waals surface area contributed by atoms with Crippen LogP contribution in [0.1, 0.15) is 24.0 Å². The molecule has 0 fully saturated rings. The summed E-state index contributed by atoms with van der Waals surface area (Å²) in [5, 5.41) is 42.2. The molecular weight excluding hydrogens is 337 g/mol. The lowest BCUT2D eigenvalue weighted by molar-refractivity contribution is -0.184. The van der Waals surface area contributed by atoms with Crippen LogP contribution in [0.5, 0.6) is 11.5 Å². The standard InChI is InChI=1S/C15H18NO7P/c1-9(10-3-2-4-11(17)7-10)15(19,20)13-8-12(18)5-6-14(13)16-24(21,22)23/h2-9,17-20H,1H3,(H3,16,21,22,23). The zero-order valence-corrected chi connectivity index (χ0v) is 13.6. The normalized spacial score (nSPS) is 13.5. The van der Waals surface area contributed by atoms with Crippen molar-refractivity contribution in [2.24, 2.45) is 0 Å². The molecule has 0 aromatic heterocycles. The first kappa shape index (κ1) is 18.3. The summed E-state index contributed by atoms with van der Waals surface area (Å²) in [7, 11) is -4.70. The number of hydrogen-bond acceptors (Lipinski definition) is 5. The number of benzene rings is 2. The zero-order chi connectivity index (χ0) is 18.1. The van der Waals surface area contributed by atoms with Crippen molar-refractivity contribution in [3.8, 4) is 11.5 Å². The van der Waals surface area contributed by atoms with E-state index in [1.165, 1.54) is 25.1 Å². The minimum absolute atomic E-state index is 0.0698. The largest absolute Gasteiger partial charge is 0.508 e. The Morgan fingerprint density at radius 2 is 1.67 bits per heavy atom. The Hall–Kier alpha value is -2.09. The van der Waals surface area contributed by atoms with Crippen LogP contribution >= 0.6 is 7.75 Å². The van der Waals surface area contributed by atoms with Crippen molar-refractivity contribution in [1.29, 1.82) is 0 Å². The molecule has 0 saturated heterocycles. The van der Waals surface area contributed by atoms with Gasteiger partial charge < -0.3 is 30.2 Å². The summed E-state index contributed by atoms with van der Waals surface area (Å²) in [5.74, 6) is -3.94. The molecule has 0 radical (unpaired) electrons. The lowest BCUT2D eigenvalue weighted by Crippen LogP contribution is -2.32. The number of rotatable bonds is 5. The Morgan fingerprint density at radius 3 is 2.25 bits per heavy atom. The lowest BCUT2D eigenvalue weighted by Gasteiger charge is -2.31. The number of phenolic OH excluding ortho intramolecular Hbond substituents is 2. The highest BCUT2D eigenvalue weighted by atomic mass is 31.2. The Balaban J connectivity index is 2.51. The van der Waals surface area contributed by atoms with Gasteiger partial charge in [-0.25, -0.2) is 4.57 Å². The highest BCUT2D eigenvalue weighted by Crippen LogP contribution is 2.44. The molecule has 8 nitrogen and oxygen atoms in total. The van der Waals surface area contributed by atoms with E-state index in [9.17, 15) is 25.0 Å². The van der Waals surface area contributed by atoms with E-state index in [1.807, 2.05) is 5.09 Å². The van der Waals surface area contributed by atoms with Gasteiger partial charge in [0.25, 0.3) is 0 Å². The van der Waals surface area contributed by atoms with Crippen molar-refractivity contribution in [3.05, 3.63) is 53.6 Å². The molecular formula is C15H18NO7P. The van der Waals surface area contributed by atoms with Gasteiger partial charge >= 0.3 is 7.75 Å². The molecule has 24 heavy (non-hydrogen) atoms. The smallest absolute Gasteiger partial charge is 0.427 e. The predicted octanol–water partition coefficient (Wildman–Crippen LogP) is 1.54. The van der Waals surface area contributed by atoms with Crippen molar-refractivity contribution in [1.82, 2.24) is 0 Å². The average molecular weight is 355 g/mol. The van der Waals surface area contributed by atoms with E-state index in [2.05, 4.69) is 0 Å². The maximum absolute atomic E-state index is 11.2. The molecule has 0 amide bonds. The molecule has 0 bridgehead atoms. The Morgan fingerprint density at radius 1 is 1.04 bits per heavy atom. The van der Waals surface area contributed by atoms with Crippen LogP contribution in [0.25, 0.3) is 0 Å². The molecule has 0 aliphatic heterocycles. The van der Waals surface area contributed by atoms with Gasteiger partial charge in [0.1, 0.15) is 11.5 Å². The third-order valence-electron chi connectivity index (χ3n) is 3.64. The van der Waals surface area contributed by atoms with Crippen molar-refractivity contribution >= 4 is 13.4 Å². The van der Waals surface area contributed by atoms with Crippen molar-refractivity contribution < 1.29 is 34.8 Å². The van der Waals surface area contributed by atoms with Gasteiger partial charge in [0.05, 0.1) is 5.69 Å². The second kappa shape index (κ2) is 6.43. The Kier molecular flexibility index (Phi) is 4.89. The summed E-state index contributed by atoms with van der Waals surface area (Å²) in [4.78, 5) is 18.1. The van der Waals surface area contributed by atoms with Crippen LogP contribution in [0.4, 0.5) is 5.69 Å². The lowest BCUT2D eigenvalue weighted by atomic mass is 9.86. The highest BCUT2D eigenvalue weighted by Gasteiger charge is 2.37. The molecule has 7 N–H and O–H groups in total. The summed E-state index contributed by atoms with van der Waals surface area (Å²) in [6.07, 6.45) is 0. The molecule has 0 heterocycles. The van der Waals surface area contributed by atoms with E-state index in [-0.39, 0.29) is 22.7 Å². The summed E-state index contributed by atoms with van der Waals surface area (Å²) in [6, 6.07) is 9.11. The average Bonchev–Trinajstić information content (AvgIpc) is 2.46. The van der Waals surface area contributed by atoms with E-state index in [0.717, 1.165) is 18.2 Å². The van der Waals surface area contributed by atoms with Gasteiger partial charge in [-0.2, -0.15) is 0 Å². The van der Waals surface area contributed by atoms with Crippen LogP contribution in [-0.4, -0.2) is 30.2 Å². The van der Waals surface area contributed by atoms with E-state index in [4.69, 9.17) is 9.79 Å². The molecule has 130 valence electrons. The van der Waals surface area contributed by atoms with Crippen LogP contribution in [0.15, 0.2) is 42.5 Å². The molecule has 2 rings (SSSR count). The molecule has 0 aliphatic carbocycles. The Labute approximate surface area is 137 Å².